The highest BCUT2D eigenvalue weighted by Gasteiger charge is 2.22. The Kier molecular flexibility index (Phi) is 7.88. The van der Waals surface area contributed by atoms with Crippen LogP contribution < -0.4 is 0 Å². The predicted octanol–water partition coefficient (Wildman–Crippen LogP) is 14.3. The Morgan fingerprint density at radius 2 is 0.897 bits per heavy atom. The van der Waals surface area contributed by atoms with Gasteiger partial charge in [-0.3, -0.25) is 0 Å². The van der Waals surface area contributed by atoms with Crippen LogP contribution in [-0.4, -0.2) is 9.97 Å². The lowest BCUT2D eigenvalue weighted by molar-refractivity contribution is 1.18. The molecule has 0 saturated heterocycles. The highest BCUT2D eigenvalue weighted by Crippen LogP contribution is 2.49. The van der Waals surface area contributed by atoms with Gasteiger partial charge in [0.25, 0.3) is 0 Å². The van der Waals surface area contributed by atoms with Crippen LogP contribution in [-0.2, 0) is 0 Å². The maximum absolute atomic E-state index is 9.30. The van der Waals surface area contributed by atoms with Crippen LogP contribution in [0.1, 0.15) is 5.56 Å². The van der Waals surface area contributed by atoms with Gasteiger partial charge in [0.05, 0.1) is 23.0 Å². The van der Waals surface area contributed by atoms with Crippen molar-refractivity contribution in [2.75, 3.05) is 0 Å². The zero-order valence-corrected chi connectivity index (χ0v) is 31.4. The first kappa shape index (κ1) is 33.4. The number of rotatable bonds is 6. The van der Waals surface area contributed by atoms with Crippen LogP contribution in [0.2, 0.25) is 0 Å². The average Bonchev–Trinajstić information content (AvgIpc) is 3.63. The second-order valence-corrected chi connectivity index (χ2v) is 14.8. The normalized spacial score (nSPS) is 11.4. The number of benzene rings is 9. The number of nitriles is 1. The van der Waals surface area contributed by atoms with Crippen molar-refractivity contribution in [3.8, 4) is 95.6 Å². The molecule has 0 aliphatic heterocycles. The second-order valence-electron chi connectivity index (χ2n) is 14.8. The zero-order chi connectivity index (χ0) is 38.6. The number of nitrogens with zero attached hydrogens (tertiary/aromatic N) is 3. The summed E-state index contributed by atoms with van der Waals surface area (Å²) >= 11 is 0. The molecule has 0 radical (unpaired) electrons. The van der Waals surface area contributed by atoms with Crippen molar-refractivity contribution in [3.05, 3.63) is 206 Å². The molecule has 0 saturated carbocycles. The quantitative estimate of drug-likeness (QED) is 0.171. The van der Waals surface area contributed by atoms with Crippen LogP contribution in [0, 0.1) is 11.3 Å². The summed E-state index contributed by atoms with van der Waals surface area (Å²) in [5.74, 6) is 0.680. The van der Waals surface area contributed by atoms with E-state index in [1.54, 1.807) is 0 Å². The molecule has 0 atom stereocenters. The lowest BCUT2D eigenvalue weighted by Gasteiger charge is -2.16. The van der Waals surface area contributed by atoms with E-state index in [9.17, 15) is 5.26 Å². The van der Waals surface area contributed by atoms with Crippen molar-refractivity contribution >= 4 is 21.5 Å². The average molecular weight is 736 g/mol. The summed E-state index contributed by atoms with van der Waals surface area (Å²) in [5.41, 5.74) is 17.4. The molecule has 9 aromatic carbocycles. The van der Waals surface area contributed by atoms with Gasteiger partial charge in [-0.05, 0) is 95.4 Å². The smallest absolute Gasteiger partial charge is 0.160 e. The van der Waals surface area contributed by atoms with Crippen LogP contribution in [0.3, 0.4) is 0 Å². The molecule has 0 unspecified atom stereocenters. The number of hydrogen-bond donors (Lipinski definition) is 0. The van der Waals surface area contributed by atoms with Gasteiger partial charge in [-0.25, -0.2) is 9.97 Å². The van der Waals surface area contributed by atoms with Gasteiger partial charge in [-0.15, -0.1) is 0 Å². The largest absolute Gasteiger partial charge is 0.228 e. The first-order chi connectivity index (χ1) is 28.7. The van der Waals surface area contributed by atoms with Crippen molar-refractivity contribution in [3.63, 3.8) is 0 Å². The molecular weight excluding hydrogens is 703 g/mol. The minimum absolute atomic E-state index is 0.652. The van der Waals surface area contributed by atoms with E-state index in [0.29, 0.717) is 11.4 Å². The lowest BCUT2D eigenvalue weighted by Crippen LogP contribution is -1.97. The van der Waals surface area contributed by atoms with Crippen molar-refractivity contribution in [1.29, 1.82) is 5.26 Å². The first-order valence-electron chi connectivity index (χ1n) is 19.5. The molecule has 0 fully saturated rings. The Morgan fingerprint density at radius 1 is 0.345 bits per heavy atom. The van der Waals surface area contributed by atoms with Crippen LogP contribution in [0.15, 0.2) is 200 Å². The standard InChI is InChI=1S/C55H33N3/c56-34-35-17-19-36(20-18-35)37-21-27-41(28-22-37)53-44-12-5-4-9-38(44)29-30-50(53)52-33-51(57-55(58-52)42-10-2-1-3-11-42)40-25-23-39(24-26-40)43-31-32-49-46-14-7-6-13-45(46)48-16-8-15-47(43)54(48)49/h1-33H. The fraction of sp³-hybridized carbons (Fsp3) is 0. The molecule has 1 aromatic heterocycles. The monoisotopic (exact) mass is 735 g/mol. The Labute approximate surface area is 336 Å². The van der Waals surface area contributed by atoms with Gasteiger partial charge in [-0.1, -0.05) is 182 Å². The van der Waals surface area contributed by atoms with Crippen LogP contribution in [0.25, 0.3) is 111 Å². The minimum Gasteiger partial charge on any atom is -0.228 e. The highest BCUT2D eigenvalue weighted by molar-refractivity contribution is 6.18. The van der Waals surface area contributed by atoms with Gasteiger partial charge in [0, 0.05) is 16.7 Å². The molecule has 58 heavy (non-hydrogen) atoms. The number of fused-ring (bicyclic) bond motifs is 4. The lowest BCUT2D eigenvalue weighted by atomic mass is 9.90. The molecule has 268 valence electrons. The topological polar surface area (TPSA) is 49.6 Å². The summed E-state index contributed by atoms with van der Waals surface area (Å²) in [6.07, 6.45) is 0. The van der Waals surface area contributed by atoms with E-state index in [2.05, 4.69) is 164 Å². The Hall–Kier alpha value is -7.93. The molecular formula is C55H33N3. The third-order valence-electron chi connectivity index (χ3n) is 11.5. The van der Waals surface area contributed by atoms with Gasteiger partial charge in [0.15, 0.2) is 5.82 Å². The molecule has 0 amide bonds. The van der Waals surface area contributed by atoms with Crippen LogP contribution >= 0.6 is 0 Å². The first-order valence-corrected chi connectivity index (χ1v) is 19.5. The molecule has 3 nitrogen and oxygen atoms in total. The summed E-state index contributed by atoms with van der Waals surface area (Å²) < 4.78 is 0. The van der Waals surface area contributed by atoms with Crippen molar-refractivity contribution in [2.45, 2.75) is 0 Å². The molecule has 1 aliphatic rings. The van der Waals surface area contributed by atoms with Gasteiger partial charge in [-0.2, -0.15) is 5.26 Å². The fourth-order valence-electron chi connectivity index (χ4n) is 8.69. The summed E-state index contributed by atoms with van der Waals surface area (Å²) in [6.45, 7) is 0. The summed E-state index contributed by atoms with van der Waals surface area (Å²) in [4.78, 5) is 10.5. The molecule has 0 N–H and O–H groups in total. The molecule has 3 heteroatoms. The maximum Gasteiger partial charge on any atom is 0.160 e. The fourth-order valence-corrected chi connectivity index (χ4v) is 8.69. The van der Waals surface area contributed by atoms with Crippen molar-refractivity contribution in [2.24, 2.45) is 0 Å². The highest BCUT2D eigenvalue weighted by atomic mass is 14.9. The molecule has 11 rings (SSSR count). The van der Waals surface area contributed by atoms with E-state index < -0.39 is 0 Å². The van der Waals surface area contributed by atoms with E-state index in [1.165, 1.54) is 44.2 Å². The Morgan fingerprint density at radius 3 is 1.66 bits per heavy atom. The van der Waals surface area contributed by atoms with Gasteiger partial charge < -0.3 is 0 Å². The maximum atomic E-state index is 9.30. The van der Waals surface area contributed by atoms with E-state index in [4.69, 9.17) is 9.97 Å². The molecule has 0 spiro atoms. The zero-order valence-electron chi connectivity index (χ0n) is 31.4. The molecule has 1 heterocycles. The number of aromatic nitrogens is 2. The molecule has 1 aliphatic carbocycles. The van der Waals surface area contributed by atoms with Crippen LogP contribution in [0.5, 0.6) is 0 Å². The van der Waals surface area contributed by atoms with Gasteiger partial charge in [0.1, 0.15) is 0 Å². The summed E-state index contributed by atoms with van der Waals surface area (Å²) in [5, 5.41) is 14.2. The number of hydrogen-bond acceptors (Lipinski definition) is 3. The van der Waals surface area contributed by atoms with Crippen molar-refractivity contribution < 1.29 is 0 Å². The summed E-state index contributed by atoms with van der Waals surface area (Å²) in [7, 11) is 0. The molecule has 0 bridgehead atoms. The second kappa shape index (κ2) is 13.7. The third kappa shape index (κ3) is 5.59. The predicted molar refractivity (Wildman–Crippen MR) is 239 cm³/mol. The SMILES string of the molecule is N#Cc1ccc(-c2ccc(-c3c(-c4cc(-c5ccc(-c6ccc7c8c(cccc68)-c6ccccc6-7)cc5)nc(-c5ccccc5)n4)ccc4ccccc34)cc2)cc1. The Bertz CT molecular complexity index is 3220. The Balaban J connectivity index is 1.03. The van der Waals surface area contributed by atoms with E-state index >= 15 is 0 Å². The molecule has 10 aromatic rings. The minimum atomic E-state index is 0.652. The summed E-state index contributed by atoms with van der Waals surface area (Å²) in [6, 6.07) is 72.7. The van der Waals surface area contributed by atoms with E-state index in [0.717, 1.165) is 61.1 Å². The van der Waals surface area contributed by atoms with Crippen LogP contribution in [0.4, 0.5) is 0 Å². The third-order valence-corrected chi connectivity index (χ3v) is 11.5. The van der Waals surface area contributed by atoms with E-state index in [-0.39, 0.29) is 0 Å². The van der Waals surface area contributed by atoms with Gasteiger partial charge >= 0.3 is 0 Å². The van der Waals surface area contributed by atoms with E-state index in [1.807, 2.05) is 42.5 Å². The van der Waals surface area contributed by atoms with Gasteiger partial charge in [0.2, 0.25) is 0 Å². The van der Waals surface area contributed by atoms with Crippen molar-refractivity contribution in [1.82, 2.24) is 9.97 Å².